The van der Waals surface area contributed by atoms with Crippen LogP contribution in [0.25, 0.3) is 0 Å². The molecule has 1 rings (SSSR count). The fourth-order valence-corrected chi connectivity index (χ4v) is 3.87. The third-order valence-electron chi connectivity index (χ3n) is 2.31. The largest absolute Gasteiger partial charge is 0.402 e. The summed E-state index contributed by atoms with van der Waals surface area (Å²) < 4.78 is 75.2. The van der Waals surface area contributed by atoms with Crippen molar-refractivity contribution in [3.05, 3.63) is 28.0 Å². The summed E-state index contributed by atoms with van der Waals surface area (Å²) in [5, 5.41) is -1.32. The molecule has 0 bridgehead atoms. The molecule has 0 amide bonds. The zero-order valence-electron chi connectivity index (χ0n) is 10.1. The Morgan fingerprint density at radius 3 is 2.24 bits per heavy atom. The first-order valence-corrected chi connectivity index (χ1v) is 8.00. The lowest BCUT2D eigenvalue weighted by atomic mass is 10.3. The number of sulfonamides is 1. The summed E-state index contributed by atoms with van der Waals surface area (Å²) in [4.78, 5) is -0.805. The predicted octanol–water partition coefficient (Wildman–Crippen LogP) is 3.92. The van der Waals surface area contributed by atoms with Crippen molar-refractivity contribution in [2.45, 2.75) is 11.1 Å². The summed E-state index contributed by atoms with van der Waals surface area (Å²) in [6.07, 6.45) is -4.78. The van der Waals surface area contributed by atoms with Crippen molar-refractivity contribution in [2.24, 2.45) is 0 Å². The molecule has 0 N–H and O–H groups in total. The molecule has 0 heterocycles. The van der Waals surface area contributed by atoms with Crippen LogP contribution < -0.4 is 0 Å². The van der Waals surface area contributed by atoms with Crippen LogP contribution in [0.5, 0.6) is 0 Å². The molecule has 0 unspecified atom stereocenters. The highest BCUT2D eigenvalue weighted by Gasteiger charge is 2.38. The van der Waals surface area contributed by atoms with Gasteiger partial charge < -0.3 is 0 Å². The summed E-state index contributed by atoms with van der Waals surface area (Å²) in [7, 11) is -4.67. The van der Waals surface area contributed by atoms with Crippen LogP contribution in [-0.2, 0) is 10.0 Å². The fraction of sp³-hybridized carbons (Fsp3) is 0.400. The first-order valence-electron chi connectivity index (χ1n) is 5.27. The third-order valence-corrected chi connectivity index (χ3v) is 5.14. The molecule has 0 aliphatic carbocycles. The maximum atomic E-state index is 13.5. The van der Waals surface area contributed by atoms with Gasteiger partial charge in [0, 0.05) is 12.4 Å². The average molecular weight is 389 g/mol. The lowest BCUT2D eigenvalue weighted by Gasteiger charge is -2.23. The van der Waals surface area contributed by atoms with Crippen LogP contribution in [0.15, 0.2) is 17.0 Å². The second-order valence-electron chi connectivity index (χ2n) is 3.82. The zero-order valence-corrected chi connectivity index (χ0v) is 13.2. The van der Waals surface area contributed by atoms with Crippen LogP contribution in [0.1, 0.15) is 0 Å². The molecule has 1 aromatic carbocycles. The molecule has 0 aliphatic rings. The number of halogens is 7. The van der Waals surface area contributed by atoms with Crippen molar-refractivity contribution in [1.29, 1.82) is 0 Å². The minimum atomic E-state index is -4.78. The van der Waals surface area contributed by atoms with Crippen LogP contribution in [-0.4, -0.2) is 37.9 Å². The number of alkyl halides is 4. The number of nitrogens with zero attached hydrogens (tertiary/aromatic N) is 1. The van der Waals surface area contributed by atoms with E-state index in [0.29, 0.717) is 0 Å². The highest BCUT2D eigenvalue weighted by molar-refractivity contribution is 7.89. The van der Waals surface area contributed by atoms with Gasteiger partial charge in [-0.05, 0) is 12.1 Å². The Balaban J connectivity index is 3.33. The monoisotopic (exact) mass is 387 g/mol. The first-order chi connectivity index (χ1) is 9.50. The van der Waals surface area contributed by atoms with Gasteiger partial charge in [0.2, 0.25) is 10.0 Å². The second-order valence-corrected chi connectivity index (χ2v) is 6.89. The molecular formula is C10H8Cl3F4NO2S. The van der Waals surface area contributed by atoms with E-state index in [1.807, 2.05) is 0 Å². The SMILES string of the molecule is O=S(=O)(c1ccc(Cl)c(F)c1Cl)N(CCCl)CC(F)(F)F. The van der Waals surface area contributed by atoms with Gasteiger partial charge in [0.05, 0.1) is 10.0 Å². The molecule has 0 atom stereocenters. The van der Waals surface area contributed by atoms with Gasteiger partial charge in [-0.2, -0.15) is 17.5 Å². The number of hydrogen-bond acceptors (Lipinski definition) is 2. The maximum Gasteiger partial charge on any atom is 0.402 e. The summed E-state index contributed by atoms with van der Waals surface area (Å²) in [6.45, 7) is -2.37. The molecule has 0 aliphatic heterocycles. The highest BCUT2D eigenvalue weighted by atomic mass is 35.5. The van der Waals surface area contributed by atoms with Crippen molar-refractivity contribution in [3.63, 3.8) is 0 Å². The number of hydrogen-bond donors (Lipinski definition) is 0. The highest BCUT2D eigenvalue weighted by Crippen LogP contribution is 2.32. The van der Waals surface area contributed by atoms with Gasteiger partial charge in [0.15, 0.2) is 5.82 Å². The summed E-state index contributed by atoms with van der Waals surface area (Å²) in [5.74, 6) is -1.60. The van der Waals surface area contributed by atoms with E-state index in [4.69, 9.17) is 34.8 Å². The average Bonchev–Trinajstić information content (AvgIpc) is 2.33. The Kier molecular flexibility index (Phi) is 6.14. The van der Waals surface area contributed by atoms with Crippen molar-refractivity contribution in [2.75, 3.05) is 19.0 Å². The summed E-state index contributed by atoms with van der Waals surface area (Å²) >= 11 is 16.2. The van der Waals surface area contributed by atoms with Crippen LogP contribution in [0.2, 0.25) is 10.0 Å². The van der Waals surface area contributed by atoms with Gasteiger partial charge in [-0.1, -0.05) is 23.2 Å². The Bertz CT molecular complexity index is 621. The van der Waals surface area contributed by atoms with Gasteiger partial charge in [-0.25, -0.2) is 12.8 Å². The van der Waals surface area contributed by atoms with Crippen LogP contribution in [0, 0.1) is 5.82 Å². The van der Waals surface area contributed by atoms with Crippen LogP contribution in [0.3, 0.4) is 0 Å². The zero-order chi connectivity index (χ0) is 16.4. The normalized spacial score (nSPS) is 13.0. The van der Waals surface area contributed by atoms with Crippen molar-refractivity contribution in [3.8, 4) is 0 Å². The Hall–Kier alpha value is -0.280. The van der Waals surface area contributed by atoms with E-state index >= 15 is 0 Å². The molecular weight excluding hydrogens is 381 g/mol. The molecule has 3 nitrogen and oxygen atoms in total. The molecule has 0 radical (unpaired) electrons. The van der Waals surface area contributed by atoms with Crippen molar-refractivity contribution >= 4 is 44.8 Å². The Morgan fingerprint density at radius 2 is 1.76 bits per heavy atom. The third kappa shape index (κ3) is 4.59. The molecule has 120 valence electrons. The van der Waals surface area contributed by atoms with E-state index in [-0.39, 0.29) is 10.2 Å². The van der Waals surface area contributed by atoms with E-state index in [1.54, 1.807) is 0 Å². The molecule has 0 spiro atoms. The lowest BCUT2D eigenvalue weighted by Crippen LogP contribution is -2.40. The molecule has 1 aromatic rings. The van der Waals surface area contributed by atoms with E-state index in [2.05, 4.69) is 0 Å². The van der Waals surface area contributed by atoms with Crippen molar-refractivity contribution < 1.29 is 26.0 Å². The molecule has 11 heteroatoms. The molecule has 0 fully saturated rings. The van der Waals surface area contributed by atoms with Gasteiger partial charge in [0.25, 0.3) is 0 Å². The standard InChI is InChI=1S/C10H8Cl3F4NO2S/c11-3-4-18(5-10(15,16)17)21(19,20)7-2-1-6(12)9(14)8(7)13/h1-2H,3-5H2. The predicted molar refractivity (Wildman–Crippen MR) is 72.0 cm³/mol. The quantitative estimate of drug-likeness (QED) is 0.435. The minimum absolute atomic E-state index is 0.0779. The lowest BCUT2D eigenvalue weighted by molar-refractivity contribution is -0.135. The number of rotatable bonds is 5. The topological polar surface area (TPSA) is 37.4 Å². The maximum absolute atomic E-state index is 13.5. The first kappa shape index (κ1) is 18.8. The van der Waals surface area contributed by atoms with E-state index in [0.717, 1.165) is 12.1 Å². The Labute approximate surface area is 133 Å². The van der Waals surface area contributed by atoms with E-state index < -0.39 is 50.0 Å². The van der Waals surface area contributed by atoms with Gasteiger partial charge >= 0.3 is 6.18 Å². The molecule has 0 saturated carbocycles. The fourth-order valence-electron chi connectivity index (χ4n) is 1.42. The van der Waals surface area contributed by atoms with Crippen LogP contribution >= 0.6 is 34.8 Å². The van der Waals surface area contributed by atoms with E-state index in [9.17, 15) is 26.0 Å². The smallest absolute Gasteiger partial charge is 0.207 e. The molecule has 21 heavy (non-hydrogen) atoms. The van der Waals surface area contributed by atoms with Gasteiger partial charge in [-0.3, -0.25) is 0 Å². The van der Waals surface area contributed by atoms with Crippen molar-refractivity contribution in [1.82, 2.24) is 4.31 Å². The summed E-state index contributed by atoms with van der Waals surface area (Å²) in [6, 6.07) is 1.73. The van der Waals surface area contributed by atoms with Gasteiger partial charge in [-0.15, -0.1) is 11.6 Å². The molecule has 0 aromatic heterocycles. The van der Waals surface area contributed by atoms with Crippen LogP contribution in [0.4, 0.5) is 17.6 Å². The summed E-state index contributed by atoms with van der Waals surface area (Å²) in [5.41, 5.74) is 0. The Morgan fingerprint density at radius 1 is 1.19 bits per heavy atom. The van der Waals surface area contributed by atoms with Gasteiger partial charge in [0.1, 0.15) is 11.4 Å². The molecule has 0 saturated heterocycles. The second kappa shape index (κ2) is 6.87. The number of benzene rings is 1. The minimum Gasteiger partial charge on any atom is -0.207 e. The van der Waals surface area contributed by atoms with E-state index in [1.165, 1.54) is 0 Å².